The lowest BCUT2D eigenvalue weighted by Gasteiger charge is -2.19. The minimum atomic E-state index is -0.553. The smallest absolute Gasteiger partial charge is 0.407 e. The van der Waals surface area contributed by atoms with Crippen LogP contribution in [0.4, 0.5) is 4.79 Å². The number of aromatic nitrogens is 2. The Bertz CT molecular complexity index is 1150. The van der Waals surface area contributed by atoms with E-state index in [9.17, 15) is 14.4 Å². The molecule has 0 bridgehead atoms. The van der Waals surface area contributed by atoms with E-state index >= 15 is 0 Å². The molecule has 0 aliphatic rings. The summed E-state index contributed by atoms with van der Waals surface area (Å²) in [6, 6.07) is 7.53. The van der Waals surface area contributed by atoms with Crippen LogP contribution in [0.5, 0.6) is 0 Å². The SMILES string of the molecule is Cc1sc(C(=O)c2c[nH]c3ccccc23)nc1C(=O)NCCOCCNC(=O)OC(C)(C)C. The molecule has 0 radical (unpaired) electrons. The van der Waals surface area contributed by atoms with Gasteiger partial charge in [-0.25, -0.2) is 9.78 Å². The molecule has 0 saturated carbocycles. The number of carbonyl (C=O) groups is 3. The van der Waals surface area contributed by atoms with Crippen LogP contribution in [-0.2, 0) is 9.47 Å². The van der Waals surface area contributed by atoms with Gasteiger partial charge in [0.05, 0.1) is 18.8 Å². The number of ether oxygens (including phenoxy) is 2. The van der Waals surface area contributed by atoms with Gasteiger partial charge in [0.25, 0.3) is 5.91 Å². The third-order valence-corrected chi connectivity index (χ3v) is 5.46. The standard InChI is InChI=1S/C23H28N4O5S/c1-14-18(20(29)24-9-11-31-12-10-25-22(30)32-23(2,3)4)27-21(33-14)19(28)16-13-26-17-8-6-5-7-15(16)17/h5-8,13,26H,9-12H2,1-4H3,(H,24,29)(H,25,30). The van der Waals surface area contributed by atoms with Crippen molar-refractivity contribution in [2.75, 3.05) is 26.3 Å². The van der Waals surface area contributed by atoms with Crippen LogP contribution in [0.15, 0.2) is 30.5 Å². The molecule has 0 saturated heterocycles. The Balaban J connectivity index is 1.45. The highest BCUT2D eigenvalue weighted by molar-refractivity contribution is 7.14. The molecule has 3 N–H and O–H groups in total. The molecule has 10 heteroatoms. The second-order valence-electron chi connectivity index (χ2n) is 8.30. The molecule has 0 fully saturated rings. The van der Waals surface area contributed by atoms with Gasteiger partial charge in [-0.15, -0.1) is 11.3 Å². The zero-order chi connectivity index (χ0) is 24.0. The topological polar surface area (TPSA) is 122 Å². The van der Waals surface area contributed by atoms with Crippen molar-refractivity contribution >= 4 is 40.0 Å². The zero-order valence-electron chi connectivity index (χ0n) is 19.1. The van der Waals surface area contributed by atoms with Gasteiger partial charge >= 0.3 is 6.09 Å². The number of hydrogen-bond acceptors (Lipinski definition) is 7. The van der Waals surface area contributed by atoms with E-state index in [1.165, 1.54) is 11.3 Å². The average Bonchev–Trinajstić information content (AvgIpc) is 3.35. The molecule has 9 nitrogen and oxygen atoms in total. The zero-order valence-corrected chi connectivity index (χ0v) is 19.9. The third kappa shape index (κ3) is 6.62. The first-order valence-electron chi connectivity index (χ1n) is 10.6. The summed E-state index contributed by atoms with van der Waals surface area (Å²) in [4.78, 5) is 45.0. The molecule has 1 aromatic carbocycles. The Morgan fingerprint density at radius 1 is 1.09 bits per heavy atom. The molecule has 0 aliphatic heterocycles. The lowest BCUT2D eigenvalue weighted by atomic mass is 10.1. The van der Waals surface area contributed by atoms with Crippen LogP contribution in [0.1, 0.15) is 51.5 Å². The Kier molecular flexibility index (Phi) is 7.83. The number of ketones is 1. The highest BCUT2D eigenvalue weighted by atomic mass is 32.1. The maximum Gasteiger partial charge on any atom is 0.407 e. The number of aromatic amines is 1. The maximum absolute atomic E-state index is 12.9. The summed E-state index contributed by atoms with van der Waals surface area (Å²) in [5.41, 5.74) is 1.08. The number of carbonyl (C=O) groups excluding carboxylic acids is 3. The predicted octanol–water partition coefficient (Wildman–Crippen LogP) is 3.43. The monoisotopic (exact) mass is 472 g/mol. The molecule has 176 valence electrons. The fourth-order valence-electron chi connectivity index (χ4n) is 3.04. The molecule has 2 amide bonds. The van der Waals surface area contributed by atoms with Gasteiger partial charge in [0, 0.05) is 35.1 Å². The summed E-state index contributed by atoms with van der Waals surface area (Å²) < 4.78 is 10.5. The first-order chi connectivity index (χ1) is 15.7. The first-order valence-corrected chi connectivity index (χ1v) is 11.4. The van der Waals surface area contributed by atoms with Crippen molar-refractivity contribution in [1.29, 1.82) is 0 Å². The van der Waals surface area contributed by atoms with Gasteiger partial charge in [-0.05, 0) is 33.8 Å². The van der Waals surface area contributed by atoms with Gasteiger partial charge < -0.3 is 25.1 Å². The van der Waals surface area contributed by atoms with Gasteiger partial charge in [0.1, 0.15) is 11.3 Å². The van der Waals surface area contributed by atoms with Crippen LogP contribution in [-0.4, -0.2) is 59.7 Å². The number of amides is 2. The first kappa shape index (κ1) is 24.4. The van der Waals surface area contributed by atoms with Gasteiger partial charge in [0.2, 0.25) is 5.78 Å². The highest BCUT2D eigenvalue weighted by Crippen LogP contribution is 2.25. The summed E-state index contributed by atoms with van der Waals surface area (Å²) in [6.45, 7) is 8.25. The molecule has 33 heavy (non-hydrogen) atoms. The second-order valence-corrected chi connectivity index (χ2v) is 9.50. The number of alkyl carbamates (subject to hydrolysis) is 1. The van der Waals surface area contributed by atoms with Crippen molar-refractivity contribution in [3.05, 3.63) is 51.6 Å². The van der Waals surface area contributed by atoms with E-state index in [1.54, 1.807) is 33.9 Å². The van der Waals surface area contributed by atoms with E-state index in [1.807, 2.05) is 24.3 Å². The van der Waals surface area contributed by atoms with Gasteiger partial charge in [-0.1, -0.05) is 18.2 Å². The average molecular weight is 473 g/mol. The predicted molar refractivity (Wildman–Crippen MR) is 126 cm³/mol. The summed E-state index contributed by atoms with van der Waals surface area (Å²) in [6.07, 6.45) is 1.16. The minimum absolute atomic E-state index is 0.222. The van der Waals surface area contributed by atoms with Crippen molar-refractivity contribution < 1.29 is 23.9 Å². The molecule has 2 aromatic heterocycles. The molecule has 3 aromatic rings. The van der Waals surface area contributed by atoms with E-state index in [0.717, 1.165) is 10.9 Å². The summed E-state index contributed by atoms with van der Waals surface area (Å²) in [5.74, 6) is -0.586. The van der Waals surface area contributed by atoms with Crippen LogP contribution < -0.4 is 10.6 Å². The summed E-state index contributed by atoms with van der Waals surface area (Å²) in [7, 11) is 0. The van der Waals surface area contributed by atoms with Crippen LogP contribution >= 0.6 is 11.3 Å². The fraction of sp³-hybridized carbons (Fsp3) is 0.391. The number of nitrogens with zero attached hydrogens (tertiary/aromatic N) is 1. The van der Waals surface area contributed by atoms with Crippen molar-refractivity contribution in [3.63, 3.8) is 0 Å². The van der Waals surface area contributed by atoms with Crippen molar-refractivity contribution in [2.24, 2.45) is 0 Å². The number of benzene rings is 1. The molecule has 3 rings (SSSR count). The molecule has 2 heterocycles. The van der Waals surface area contributed by atoms with Crippen molar-refractivity contribution in [2.45, 2.75) is 33.3 Å². The van der Waals surface area contributed by atoms with E-state index in [2.05, 4.69) is 20.6 Å². The van der Waals surface area contributed by atoms with Gasteiger partial charge in [-0.2, -0.15) is 0 Å². The number of aryl methyl sites for hydroxylation is 1. The van der Waals surface area contributed by atoms with Crippen molar-refractivity contribution in [3.8, 4) is 0 Å². The number of thiazole rings is 1. The number of nitrogens with one attached hydrogen (secondary N) is 3. The van der Waals surface area contributed by atoms with Gasteiger partial charge in [-0.3, -0.25) is 9.59 Å². The van der Waals surface area contributed by atoms with E-state index in [4.69, 9.17) is 9.47 Å². The van der Waals surface area contributed by atoms with E-state index in [-0.39, 0.29) is 42.2 Å². The van der Waals surface area contributed by atoms with Crippen LogP contribution in [0.2, 0.25) is 0 Å². The summed E-state index contributed by atoms with van der Waals surface area (Å²) >= 11 is 1.20. The number of para-hydroxylation sites is 1. The Labute approximate surface area is 195 Å². The maximum atomic E-state index is 12.9. The lowest BCUT2D eigenvalue weighted by Crippen LogP contribution is -2.34. The number of fused-ring (bicyclic) bond motifs is 1. The van der Waals surface area contributed by atoms with Crippen LogP contribution in [0.25, 0.3) is 10.9 Å². The number of hydrogen-bond donors (Lipinski definition) is 3. The quantitative estimate of drug-likeness (QED) is 0.324. The molecular weight excluding hydrogens is 444 g/mol. The highest BCUT2D eigenvalue weighted by Gasteiger charge is 2.22. The van der Waals surface area contributed by atoms with Crippen LogP contribution in [0, 0.1) is 6.92 Å². The molecular formula is C23H28N4O5S. The molecule has 0 atom stereocenters. The largest absolute Gasteiger partial charge is 0.444 e. The van der Waals surface area contributed by atoms with Gasteiger partial charge in [0.15, 0.2) is 5.01 Å². The van der Waals surface area contributed by atoms with Crippen molar-refractivity contribution in [1.82, 2.24) is 20.6 Å². The molecule has 0 unspecified atom stereocenters. The molecule has 0 aliphatic carbocycles. The van der Waals surface area contributed by atoms with E-state index < -0.39 is 11.7 Å². The Hall–Kier alpha value is -3.24. The van der Waals surface area contributed by atoms with E-state index in [0.29, 0.717) is 17.0 Å². The fourth-order valence-corrected chi connectivity index (χ4v) is 3.91. The number of H-pyrrole nitrogens is 1. The normalized spacial score (nSPS) is 11.4. The molecule has 0 spiro atoms. The van der Waals surface area contributed by atoms with Crippen LogP contribution in [0.3, 0.4) is 0 Å². The third-order valence-electron chi connectivity index (χ3n) is 4.49. The second kappa shape index (κ2) is 10.6. The Morgan fingerprint density at radius 2 is 1.79 bits per heavy atom. The number of rotatable bonds is 9. The minimum Gasteiger partial charge on any atom is -0.444 e. The lowest BCUT2D eigenvalue weighted by molar-refractivity contribution is 0.0500. The summed E-state index contributed by atoms with van der Waals surface area (Å²) in [5, 5.41) is 6.42. The Morgan fingerprint density at radius 3 is 2.52 bits per heavy atom.